The van der Waals surface area contributed by atoms with Crippen LogP contribution in [0.5, 0.6) is 0 Å². The summed E-state index contributed by atoms with van der Waals surface area (Å²) in [5.41, 5.74) is 2.10. The van der Waals surface area contributed by atoms with Gasteiger partial charge in [-0.25, -0.2) is 9.78 Å². The van der Waals surface area contributed by atoms with Gasteiger partial charge in [0, 0.05) is 21.3 Å². The Hall–Kier alpha value is -2.07. The van der Waals surface area contributed by atoms with Crippen LogP contribution in [0, 0.1) is 0 Å². The maximum Gasteiger partial charge on any atom is 0.356 e. The molecule has 0 unspecified atom stereocenters. The molecular weight excluding hydrogens is 252 g/mol. The average Bonchev–Trinajstić information content (AvgIpc) is 2.75. The van der Waals surface area contributed by atoms with Crippen molar-refractivity contribution in [2.45, 2.75) is 0 Å². The number of rotatable bonds is 1. The first-order valence-electron chi connectivity index (χ1n) is 5.34. The Morgan fingerprint density at radius 3 is 2.83 bits per heavy atom. The average molecular weight is 261 g/mol. The number of aromatic amines is 1. The van der Waals surface area contributed by atoms with Crippen LogP contribution in [-0.4, -0.2) is 23.0 Å². The summed E-state index contributed by atoms with van der Waals surface area (Å²) in [5.74, 6) is -0.451. The van der Waals surface area contributed by atoms with E-state index in [1.54, 1.807) is 12.3 Å². The molecule has 2 aromatic heterocycles. The molecular formula is C13H9ClN2O2. The molecule has 1 N–H and O–H groups in total. The quantitative estimate of drug-likeness (QED) is 0.684. The molecule has 0 radical (unpaired) electrons. The summed E-state index contributed by atoms with van der Waals surface area (Å²) in [7, 11) is 1.33. The van der Waals surface area contributed by atoms with Gasteiger partial charge in [-0.05, 0) is 24.3 Å². The second-order valence-electron chi connectivity index (χ2n) is 3.92. The second-order valence-corrected chi connectivity index (χ2v) is 4.36. The van der Waals surface area contributed by atoms with Gasteiger partial charge in [0.1, 0.15) is 5.69 Å². The third-order valence-corrected chi connectivity index (χ3v) is 3.07. The third kappa shape index (κ3) is 1.62. The highest BCUT2D eigenvalue weighted by Crippen LogP contribution is 2.27. The summed E-state index contributed by atoms with van der Waals surface area (Å²) in [6, 6.07) is 7.27. The number of pyridine rings is 1. The number of halogens is 1. The zero-order chi connectivity index (χ0) is 12.7. The predicted molar refractivity (Wildman–Crippen MR) is 69.9 cm³/mol. The van der Waals surface area contributed by atoms with Crippen molar-refractivity contribution in [1.82, 2.24) is 9.97 Å². The van der Waals surface area contributed by atoms with Gasteiger partial charge >= 0.3 is 5.97 Å². The lowest BCUT2D eigenvalue weighted by Crippen LogP contribution is -2.03. The van der Waals surface area contributed by atoms with Gasteiger partial charge in [-0.1, -0.05) is 11.6 Å². The highest BCUT2D eigenvalue weighted by atomic mass is 35.5. The SMILES string of the molecule is COC(=O)c1cc2c(cn1)[nH]c1ccc(Cl)cc12. The third-order valence-electron chi connectivity index (χ3n) is 2.84. The molecule has 3 aromatic rings. The summed E-state index contributed by atoms with van der Waals surface area (Å²) >= 11 is 5.98. The van der Waals surface area contributed by atoms with Crippen molar-refractivity contribution >= 4 is 39.4 Å². The smallest absolute Gasteiger partial charge is 0.356 e. The van der Waals surface area contributed by atoms with Crippen LogP contribution in [0.15, 0.2) is 30.5 Å². The van der Waals surface area contributed by atoms with E-state index in [2.05, 4.69) is 14.7 Å². The molecule has 0 saturated heterocycles. The Labute approximate surface area is 108 Å². The van der Waals surface area contributed by atoms with Crippen molar-refractivity contribution in [2.24, 2.45) is 0 Å². The molecule has 0 aliphatic heterocycles. The molecule has 5 heteroatoms. The molecule has 4 nitrogen and oxygen atoms in total. The summed E-state index contributed by atoms with van der Waals surface area (Å²) < 4.78 is 4.66. The largest absolute Gasteiger partial charge is 0.464 e. The molecule has 18 heavy (non-hydrogen) atoms. The van der Waals surface area contributed by atoms with E-state index in [9.17, 15) is 4.79 Å². The Bertz CT molecular complexity index is 764. The van der Waals surface area contributed by atoms with E-state index in [1.165, 1.54) is 7.11 Å². The van der Waals surface area contributed by atoms with Crippen molar-refractivity contribution in [3.63, 3.8) is 0 Å². The maximum atomic E-state index is 11.5. The first kappa shape index (κ1) is 11.0. The van der Waals surface area contributed by atoms with Crippen molar-refractivity contribution in [1.29, 1.82) is 0 Å². The number of hydrogen-bond donors (Lipinski definition) is 1. The first-order valence-corrected chi connectivity index (χ1v) is 5.72. The molecule has 0 spiro atoms. The molecule has 2 heterocycles. The standard InChI is InChI=1S/C13H9ClN2O2/c1-18-13(17)11-5-9-8-4-7(14)2-3-10(8)16-12(9)6-15-11/h2-6,16H,1H3. The lowest BCUT2D eigenvalue weighted by Gasteiger charge is -1.98. The topological polar surface area (TPSA) is 55.0 Å². The Morgan fingerprint density at radius 1 is 1.28 bits per heavy atom. The minimum Gasteiger partial charge on any atom is -0.464 e. The molecule has 90 valence electrons. The van der Waals surface area contributed by atoms with Gasteiger partial charge in [-0.2, -0.15) is 0 Å². The summed E-state index contributed by atoms with van der Waals surface area (Å²) in [6.45, 7) is 0. The fraction of sp³-hybridized carbons (Fsp3) is 0.0769. The molecule has 0 atom stereocenters. The van der Waals surface area contributed by atoms with Gasteiger partial charge in [0.2, 0.25) is 0 Å². The fourth-order valence-corrected chi connectivity index (χ4v) is 2.16. The number of benzene rings is 1. The molecule has 0 saturated carbocycles. The highest BCUT2D eigenvalue weighted by Gasteiger charge is 2.11. The lowest BCUT2D eigenvalue weighted by molar-refractivity contribution is 0.0594. The number of aromatic nitrogens is 2. The van der Waals surface area contributed by atoms with Crippen LogP contribution >= 0.6 is 11.6 Å². The number of esters is 1. The van der Waals surface area contributed by atoms with Crippen LogP contribution < -0.4 is 0 Å². The number of nitrogens with zero attached hydrogens (tertiary/aromatic N) is 1. The minimum atomic E-state index is -0.451. The van der Waals surface area contributed by atoms with E-state index >= 15 is 0 Å². The number of methoxy groups -OCH3 is 1. The Kier molecular flexibility index (Phi) is 2.45. The summed E-state index contributed by atoms with van der Waals surface area (Å²) in [4.78, 5) is 18.7. The van der Waals surface area contributed by atoms with Crippen LogP contribution in [0.1, 0.15) is 10.5 Å². The van der Waals surface area contributed by atoms with Gasteiger partial charge in [0.05, 0.1) is 18.8 Å². The van der Waals surface area contributed by atoms with E-state index in [0.29, 0.717) is 5.02 Å². The van der Waals surface area contributed by atoms with Crippen molar-refractivity contribution in [2.75, 3.05) is 7.11 Å². The Balaban J connectivity index is 2.34. The van der Waals surface area contributed by atoms with Crippen LogP contribution in [0.2, 0.25) is 5.02 Å². The van der Waals surface area contributed by atoms with E-state index in [0.717, 1.165) is 21.8 Å². The predicted octanol–water partition coefficient (Wildman–Crippen LogP) is 3.16. The van der Waals surface area contributed by atoms with Gasteiger partial charge in [-0.15, -0.1) is 0 Å². The molecule has 0 amide bonds. The fourth-order valence-electron chi connectivity index (χ4n) is 1.99. The first-order chi connectivity index (χ1) is 8.69. The van der Waals surface area contributed by atoms with Crippen molar-refractivity contribution in [3.8, 4) is 0 Å². The minimum absolute atomic E-state index is 0.283. The molecule has 3 rings (SSSR count). The van der Waals surface area contributed by atoms with E-state index in [4.69, 9.17) is 11.6 Å². The number of fused-ring (bicyclic) bond motifs is 3. The number of ether oxygens (including phenoxy) is 1. The Morgan fingerprint density at radius 2 is 2.06 bits per heavy atom. The molecule has 0 aliphatic rings. The monoisotopic (exact) mass is 260 g/mol. The van der Waals surface area contributed by atoms with Gasteiger partial charge in [0.15, 0.2) is 0 Å². The highest BCUT2D eigenvalue weighted by molar-refractivity contribution is 6.31. The normalized spacial score (nSPS) is 11.0. The van der Waals surface area contributed by atoms with Crippen molar-refractivity contribution in [3.05, 3.63) is 41.2 Å². The zero-order valence-corrected chi connectivity index (χ0v) is 10.3. The summed E-state index contributed by atoms with van der Waals surface area (Å²) in [6.07, 6.45) is 1.62. The zero-order valence-electron chi connectivity index (χ0n) is 9.53. The molecule has 0 fully saturated rings. The molecule has 1 aromatic carbocycles. The number of H-pyrrole nitrogens is 1. The lowest BCUT2D eigenvalue weighted by atomic mass is 10.1. The van der Waals surface area contributed by atoms with Gasteiger partial charge < -0.3 is 9.72 Å². The van der Waals surface area contributed by atoms with Crippen LogP contribution in [-0.2, 0) is 4.74 Å². The second kappa shape index (κ2) is 3.99. The van der Waals surface area contributed by atoms with Crippen molar-refractivity contribution < 1.29 is 9.53 Å². The number of carbonyl (C=O) groups excluding carboxylic acids is 1. The van der Waals surface area contributed by atoms with Gasteiger partial charge in [0.25, 0.3) is 0 Å². The number of nitrogens with one attached hydrogen (secondary N) is 1. The van der Waals surface area contributed by atoms with Gasteiger partial charge in [-0.3, -0.25) is 0 Å². The van der Waals surface area contributed by atoms with E-state index < -0.39 is 5.97 Å². The summed E-state index contributed by atoms with van der Waals surface area (Å²) in [5, 5.41) is 2.52. The van der Waals surface area contributed by atoms with E-state index in [-0.39, 0.29) is 5.69 Å². The number of carbonyl (C=O) groups is 1. The van der Waals surface area contributed by atoms with Crippen LogP contribution in [0.25, 0.3) is 21.8 Å². The van der Waals surface area contributed by atoms with Crippen LogP contribution in [0.4, 0.5) is 0 Å². The molecule has 0 bridgehead atoms. The number of hydrogen-bond acceptors (Lipinski definition) is 3. The van der Waals surface area contributed by atoms with Crippen LogP contribution in [0.3, 0.4) is 0 Å². The van der Waals surface area contributed by atoms with E-state index in [1.807, 2.05) is 18.2 Å². The molecule has 0 aliphatic carbocycles. The maximum absolute atomic E-state index is 11.5.